The molecule has 0 spiro atoms. The summed E-state index contributed by atoms with van der Waals surface area (Å²) in [5.74, 6) is -6.79. The Labute approximate surface area is 223 Å². The molecular weight excluding hydrogens is 540 g/mol. The summed E-state index contributed by atoms with van der Waals surface area (Å²) in [7, 11) is 0. The monoisotopic (exact) mass is 564 g/mol. The van der Waals surface area contributed by atoms with Crippen LogP contribution in [0, 0.1) is 0 Å². The van der Waals surface area contributed by atoms with Crippen molar-refractivity contribution < 1.29 is 68.7 Å². The Bertz CT molecular complexity index is 1500. The summed E-state index contributed by atoms with van der Waals surface area (Å²) in [6.45, 7) is 1.23. The van der Waals surface area contributed by atoms with Gasteiger partial charge in [-0.25, -0.2) is 0 Å². The number of aliphatic hydroxyl groups is 2. The largest absolute Gasteiger partial charge is 0.508 e. The minimum Gasteiger partial charge on any atom is -0.508 e. The molecule has 0 saturated carbocycles. The van der Waals surface area contributed by atoms with Crippen molar-refractivity contribution in [2.75, 3.05) is 6.61 Å². The second kappa shape index (κ2) is 10.8. The molecule has 2 aromatic carbocycles. The average molecular weight is 564 g/mol. The molecule has 0 bridgehead atoms. The summed E-state index contributed by atoms with van der Waals surface area (Å²) in [5.41, 5.74) is -1.69. The maximum Gasteiger partial charge on any atom is 0.303 e. The molecule has 40 heavy (non-hydrogen) atoms. The minimum absolute atomic E-state index is 0.247. The summed E-state index contributed by atoms with van der Waals surface area (Å²) in [6.07, 6.45) is -8.38. The molecule has 214 valence electrons. The molecule has 7 N–H and O–H groups in total. The summed E-state index contributed by atoms with van der Waals surface area (Å²) in [6, 6.07) is 3.61. The lowest BCUT2D eigenvalue weighted by atomic mass is 9.98. The van der Waals surface area contributed by atoms with Crippen LogP contribution in [0.3, 0.4) is 0 Å². The van der Waals surface area contributed by atoms with Gasteiger partial charge in [0.2, 0.25) is 17.5 Å². The van der Waals surface area contributed by atoms with Gasteiger partial charge in [0.1, 0.15) is 28.6 Å². The lowest BCUT2D eigenvalue weighted by Crippen LogP contribution is -2.62. The predicted molar refractivity (Wildman–Crippen MR) is 130 cm³/mol. The van der Waals surface area contributed by atoms with Crippen molar-refractivity contribution in [1.29, 1.82) is 0 Å². The van der Waals surface area contributed by atoms with Crippen LogP contribution in [0.4, 0.5) is 0 Å². The van der Waals surface area contributed by atoms with Crippen LogP contribution < -0.4 is 10.2 Å². The van der Waals surface area contributed by atoms with Crippen LogP contribution in [0.1, 0.15) is 13.8 Å². The Balaban J connectivity index is 1.89. The highest BCUT2D eigenvalue weighted by Gasteiger charge is 2.50. The van der Waals surface area contributed by atoms with Crippen molar-refractivity contribution in [3.63, 3.8) is 0 Å². The van der Waals surface area contributed by atoms with Crippen molar-refractivity contribution in [1.82, 2.24) is 0 Å². The van der Waals surface area contributed by atoms with Gasteiger partial charge in [0.25, 0.3) is 0 Å². The number of carbonyl (C=O) groups excluding carboxylic acids is 2. The van der Waals surface area contributed by atoms with Gasteiger partial charge in [0.05, 0.1) is 6.61 Å². The molecule has 0 radical (unpaired) electrons. The van der Waals surface area contributed by atoms with Crippen LogP contribution >= 0.6 is 0 Å². The van der Waals surface area contributed by atoms with E-state index in [0.29, 0.717) is 0 Å². The SMILES string of the molecule is CC(=O)O[C@@H]1[C@@H](O)[C@H](Oc2c(-c3cc(O)c(O)c(O)c3)oc3cc(O)cc(O)c3c2=O)O[C@H](CO)[C@H]1OC(C)=O. The highest BCUT2D eigenvalue weighted by atomic mass is 16.7. The molecular formula is C25H24O15. The van der Waals surface area contributed by atoms with Crippen LogP contribution in [0.5, 0.6) is 34.5 Å². The van der Waals surface area contributed by atoms with Gasteiger partial charge in [0, 0.05) is 31.5 Å². The number of esters is 2. The van der Waals surface area contributed by atoms with Crippen LogP contribution in [0.15, 0.2) is 33.5 Å². The van der Waals surface area contributed by atoms with Gasteiger partial charge < -0.3 is 59.1 Å². The second-order valence-electron chi connectivity index (χ2n) is 8.77. The van der Waals surface area contributed by atoms with Gasteiger partial charge in [-0.05, 0) is 12.1 Å². The van der Waals surface area contributed by atoms with Crippen LogP contribution in [0.25, 0.3) is 22.3 Å². The minimum atomic E-state index is -1.94. The number of rotatable bonds is 6. The fraction of sp³-hybridized carbons (Fsp3) is 0.320. The van der Waals surface area contributed by atoms with Gasteiger partial charge in [-0.1, -0.05) is 0 Å². The van der Waals surface area contributed by atoms with E-state index in [0.717, 1.165) is 38.1 Å². The predicted octanol–water partition coefficient (Wildman–Crippen LogP) is 0.308. The molecule has 5 atom stereocenters. The number of aromatic hydroxyl groups is 5. The highest BCUT2D eigenvalue weighted by molar-refractivity contribution is 5.88. The zero-order valence-electron chi connectivity index (χ0n) is 20.8. The van der Waals surface area contributed by atoms with Crippen molar-refractivity contribution in [3.05, 3.63) is 34.5 Å². The third-order valence-electron chi connectivity index (χ3n) is 5.88. The molecule has 1 aromatic heterocycles. The molecule has 0 aliphatic carbocycles. The average Bonchev–Trinajstić information content (AvgIpc) is 2.86. The lowest BCUT2D eigenvalue weighted by Gasteiger charge is -2.42. The Hall–Kier alpha value is -4.73. The summed E-state index contributed by atoms with van der Waals surface area (Å²) in [4.78, 5) is 36.9. The van der Waals surface area contributed by atoms with Crippen LogP contribution in [-0.4, -0.2) is 85.0 Å². The maximum atomic E-state index is 13.5. The molecule has 0 unspecified atom stereocenters. The maximum absolute atomic E-state index is 13.5. The van der Waals surface area contributed by atoms with E-state index < -0.39 is 100 Å². The van der Waals surface area contributed by atoms with Crippen molar-refractivity contribution in [3.8, 4) is 45.8 Å². The quantitative estimate of drug-likeness (QED) is 0.157. The van der Waals surface area contributed by atoms with E-state index >= 15 is 0 Å². The smallest absolute Gasteiger partial charge is 0.303 e. The molecule has 3 aromatic rings. The summed E-state index contributed by atoms with van der Waals surface area (Å²) in [5, 5.41) is 70.4. The molecule has 2 heterocycles. The normalized spacial score (nSPS) is 22.6. The van der Waals surface area contributed by atoms with Gasteiger partial charge in [-0.15, -0.1) is 0 Å². The number of hydrogen-bond donors (Lipinski definition) is 7. The molecule has 1 fully saturated rings. The summed E-state index contributed by atoms with van der Waals surface area (Å²) < 4.78 is 27.1. The van der Waals surface area contributed by atoms with Crippen LogP contribution in [0.2, 0.25) is 0 Å². The molecule has 4 rings (SSSR count). The number of ether oxygens (including phenoxy) is 4. The van der Waals surface area contributed by atoms with Gasteiger partial charge in [-0.2, -0.15) is 0 Å². The third-order valence-corrected chi connectivity index (χ3v) is 5.88. The topological polar surface area (TPSA) is 243 Å². The number of hydrogen-bond acceptors (Lipinski definition) is 15. The number of phenols is 5. The second-order valence-corrected chi connectivity index (χ2v) is 8.77. The highest BCUT2D eigenvalue weighted by Crippen LogP contribution is 2.43. The molecule has 15 heteroatoms. The fourth-order valence-electron chi connectivity index (χ4n) is 4.22. The Morgan fingerprint density at radius 1 is 0.900 bits per heavy atom. The zero-order chi connectivity index (χ0) is 29.5. The lowest BCUT2D eigenvalue weighted by molar-refractivity contribution is -0.284. The van der Waals surface area contributed by atoms with Crippen molar-refractivity contribution in [2.45, 2.75) is 44.6 Å². The molecule has 0 amide bonds. The third kappa shape index (κ3) is 5.25. The number of aliphatic hydroxyl groups excluding tert-OH is 2. The van der Waals surface area contributed by atoms with Gasteiger partial charge in [-0.3, -0.25) is 14.4 Å². The Morgan fingerprint density at radius 2 is 1.50 bits per heavy atom. The number of phenolic OH excluding ortho intramolecular Hbond substituents is 5. The molecule has 1 aliphatic heterocycles. The Kier molecular flexibility index (Phi) is 7.63. The van der Waals surface area contributed by atoms with E-state index in [9.17, 15) is 50.1 Å². The fourth-order valence-corrected chi connectivity index (χ4v) is 4.22. The van der Waals surface area contributed by atoms with Gasteiger partial charge >= 0.3 is 11.9 Å². The van der Waals surface area contributed by atoms with E-state index in [4.69, 9.17) is 23.4 Å². The van der Waals surface area contributed by atoms with E-state index in [2.05, 4.69) is 0 Å². The molecule has 15 nitrogen and oxygen atoms in total. The first-order valence-corrected chi connectivity index (χ1v) is 11.6. The van der Waals surface area contributed by atoms with Gasteiger partial charge in [0.15, 0.2) is 41.3 Å². The van der Waals surface area contributed by atoms with Crippen LogP contribution in [-0.2, 0) is 23.8 Å². The van der Waals surface area contributed by atoms with Crippen molar-refractivity contribution in [2.24, 2.45) is 0 Å². The van der Waals surface area contributed by atoms with E-state index in [1.54, 1.807) is 0 Å². The van der Waals surface area contributed by atoms with E-state index in [-0.39, 0.29) is 11.1 Å². The first-order chi connectivity index (χ1) is 18.8. The standard InChI is InChI=1S/C25H24O15/c1-8(27)36-22-16(7-26)39-25(20(35)24(22)37-9(2)28)40-23-19(34)17-12(30)5-11(29)6-15(17)38-21(23)10-3-13(31)18(33)14(32)4-10/h3-6,16,20,22,24-26,29-33,35H,7H2,1-2H3/t16-,20-,22-,24-,25+/m1/s1. The first kappa shape index (κ1) is 28.3. The summed E-state index contributed by atoms with van der Waals surface area (Å²) >= 11 is 0. The number of benzene rings is 2. The van der Waals surface area contributed by atoms with Crippen molar-refractivity contribution >= 4 is 22.9 Å². The molecule has 1 aliphatic rings. The molecule has 1 saturated heterocycles. The van der Waals surface area contributed by atoms with E-state index in [1.807, 2.05) is 0 Å². The number of fused-ring (bicyclic) bond motifs is 1. The number of carbonyl (C=O) groups is 2. The first-order valence-electron chi connectivity index (χ1n) is 11.6. The van der Waals surface area contributed by atoms with E-state index in [1.165, 1.54) is 0 Å². The zero-order valence-corrected chi connectivity index (χ0v) is 20.8. The Morgan fingerprint density at radius 3 is 2.08 bits per heavy atom.